The normalized spacial score (nSPS) is 26.6. The Kier molecular flexibility index (Phi) is 6.32. The molecule has 1 aliphatic carbocycles. The number of halogens is 1. The van der Waals surface area contributed by atoms with Gasteiger partial charge in [0.15, 0.2) is 0 Å². The molecule has 2 saturated heterocycles. The van der Waals surface area contributed by atoms with Gasteiger partial charge in [-0.05, 0) is 38.5 Å². The minimum Gasteiger partial charge on any atom is -0.342 e. The van der Waals surface area contributed by atoms with Crippen molar-refractivity contribution in [1.82, 2.24) is 15.1 Å². The van der Waals surface area contributed by atoms with Crippen LogP contribution in [0.15, 0.2) is 0 Å². The molecule has 2 atom stereocenters. The summed E-state index contributed by atoms with van der Waals surface area (Å²) in [6.07, 6.45) is 5.56. The first-order chi connectivity index (χ1) is 11.4. The third-order valence-electron chi connectivity index (χ3n) is 5.81. The van der Waals surface area contributed by atoms with Gasteiger partial charge in [-0.2, -0.15) is 0 Å². The van der Waals surface area contributed by atoms with Gasteiger partial charge in [0, 0.05) is 32.1 Å². The van der Waals surface area contributed by atoms with Crippen molar-refractivity contribution in [3.8, 4) is 0 Å². The summed E-state index contributed by atoms with van der Waals surface area (Å²) in [5.74, 6) is 0.194. The predicted octanol–water partition coefficient (Wildman–Crippen LogP) is 1.25. The number of nitrogens with zero attached hydrogens (tertiary/aromatic N) is 2. The summed E-state index contributed by atoms with van der Waals surface area (Å²) in [5.41, 5.74) is 5.27. The quantitative estimate of drug-likeness (QED) is 0.726. The van der Waals surface area contributed by atoms with Crippen LogP contribution in [0.5, 0.6) is 0 Å². The number of nitrogens with two attached hydrogens (primary N) is 1. The number of likely N-dealkylation sites (tertiary alicyclic amines) is 1. The molecule has 2 aliphatic heterocycles. The molecule has 7 nitrogen and oxygen atoms in total. The summed E-state index contributed by atoms with van der Waals surface area (Å²) in [6, 6.07) is -0.268. The number of rotatable bonds is 4. The molecule has 0 aromatic heterocycles. The largest absolute Gasteiger partial charge is 0.342 e. The lowest BCUT2D eigenvalue weighted by Crippen LogP contribution is -2.46. The summed E-state index contributed by atoms with van der Waals surface area (Å²) < 4.78 is 0. The lowest BCUT2D eigenvalue weighted by Gasteiger charge is -2.35. The van der Waals surface area contributed by atoms with E-state index in [0.29, 0.717) is 25.3 Å². The number of carbonyl (C=O) groups excluding carboxylic acids is 3. The zero-order valence-corrected chi connectivity index (χ0v) is 15.6. The van der Waals surface area contributed by atoms with Gasteiger partial charge in [-0.1, -0.05) is 12.8 Å². The van der Waals surface area contributed by atoms with Crippen LogP contribution in [0.1, 0.15) is 51.9 Å². The van der Waals surface area contributed by atoms with E-state index in [0.717, 1.165) is 32.2 Å². The molecule has 2 unspecified atom stereocenters. The molecule has 142 valence electrons. The first-order valence-corrected chi connectivity index (χ1v) is 9.10. The first kappa shape index (κ1) is 20.0. The second-order valence-corrected chi connectivity index (χ2v) is 7.53. The van der Waals surface area contributed by atoms with Crippen LogP contribution >= 0.6 is 12.4 Å². The minimum absolute atomic E-state index is 0. The summed E-state index contributed by atoms with van der Waals surface area (Å²) in [4.78, 5) is 40.2. The predicted molar refractivity (Wildman–Crippen MR) is 96.3 cm³/mol. The lowest BCUT2D eigenvalue weighted by molar-refractivity contribution is -0.134. The second kappa shape index (κ2) is 7.91. The standard InChI is InChI=1S/C17H28N4O3.ClH/c1-12(18)13-5-4-9-20(11-13)14(22)6-10-21-15(23)17(19-16(21)24)7-2-3-8-17;/h12-13H,2-11,18H2,1H3,(H,19,24);1H. The van der Waals surface area contributed by atoms with E-state index in [2.05, 4.69) is 5.32 Å². The maximum atomic E-state index is 12.6. The number of carbonyl (C=O) groups is 3. The summed E-state index contributed by atoms with van der Waals surface area (Å²) >= 11 is 0. The molecule has 4 amide bonds. The van der Waals surface area contributed by atoms with Gasteiger partial charge in [-0.3, -0.25) is 14.5 Å². The van der Waals surface area contributed by atoms with Gasteiger partial charge < -0.3 is 16.0 Å². The number of amides is 4. The zero-order chi connectivity index (χ0) is 17.3. The molecule has 3 N–H and O–H groups in total. The Hall–Kier alpha value is -1.34. The van der Waals surface area contributed by atoms with Gasteiger partial charge in [-0.25, -0.2) is 4.79 Å². The molecule has 0 aromatic rings. The van der Waals surface area contributed by atoms with Crippen molar-refractivity contribution in [3.63, 3.8) is 0 Å². The maximum Gasteiger partial charge on any atom is 0.325 e. The third-order valence-corrected chi connectivity index (χ3v) is 5.81. The zero-order valence-electron chi connectivity index (χ0n) is 14.8. The Bertz CT molecular complexity index is 534. The number of hydrogen-bond acceptors (Lipinski definition) is 4. The van der Waals surface area contributed by atoms with Crippen LogP contribution in [0.4, 0.5) is 4.79 Å². The highest BCUT2D eigenvalue weighted by atomic mass is 35.5. The van der Waals surface area contributed by atoms with Gasteiger partial charge >= 0.3 is 6.03 Å². The molecule has 0 aromatic carbocycles. The molecule has 8 heteroatoms. The van der Waals surface area contributed by atoms with Crippen LogP contribution in [-0.4, -0.2) is 58.9 Å². The SMILES string of the molecule is CC(N)C1CCCN(C(=O)CCN2C(=O)NC3(CCCC3)C2=O)C1.Cl. The number of urea groups is 1. The van der Waals surface area contributed by atoms with E-state index in [-0.39, 0.29) is 49.3 Å². The van der Waals surface area contributed by atoms with E-state index in [4.69, 9.17) is 5.73 Å². The van der Waals surface area contributed by atoms with Crippen LogP contribution in [0.3, 0.4) is 0 Å². The van der Waals surface area contributed by atoms with E-state index in [1.54, 1.807) is 0 Å². The first-order valence-electron chi connectivity index (χ1n) is 9.10. The highest BCUT2D eigenvalue weighted by molar-refractivity contribution is 6.07. The van der Waals surface area contributed by atoms with E-state index in [1.807, 2.05) is 11.8 Å². The van der Waals surface area contributed by atoms with Crippen molar-refractivity contribution >= 4 is 30.3 Å². The molecule has 0 radical (unpaired) electrons. The molecular formula is C17H29ClN4O3. The van der Waals surface area contributed by atoms with Crippen LogP contribution in [0, 0.1) is 5.92 Å². The smallest absolute Gasteiger partial charge is 0.325 e. The monoisotopic (exact) mass is 372 g/mol. The molecular weight excluding hydrogens is 344 g/mol. The Balaban J connectivity index is 0.00000225. The minimum atomic E-state index is -0.689. The molecule has 3 fully saturated rings. The molecule has 3 aliphatic rings. The van der Waals surface area contributed by atoms with Crippen molar-refractivity contribution < 1.29 is 14.4 Å². The van der Waals surface area contributed by atoms with Gasteiger partial charge in [0.05, 0.1) is 0 Å². The lowest BCUT2D eigenvalue weighted by atomic mass is 9.92. The van der Waals surface area contributed by atoms with E-state index in [9.17, 15) is 14.4 Å². The van der Waals surface area contributed by atoms with Crippen molar-refractivity contribution in [2.75, 3.05) is 19.6 Å². The van der Waals surface area contributed by atoms with E-state index in [1.165, 1.54) is 4.90 Å². The molecule has 3 rings (SSSR count). The summed E-state index contributed by atoms with van der Waals surface area (Å²) in [6.45, 7) is 3.57. The number of imide groups is 1. The average Bonchev–Trinajstić information content (AvgIpc) is 3.12. The molecule has 1 saturated carbocycles. The Morgan fingerprint density at radius 1 is 1.32 bits per heavy atom. The molecule has 25 heavy (non-hydrogen) atoms. The Morgan fingerprint density at radius 3 is 2.64 bits per heavy atom. The van der Waals surface area contributed by atoms with E-state index < -0.39 is 5.54 Å². The number of nitrogens with one attached hydrogen (secondary N) is 1. The fourth-order valence-corrected chi connectivity index (χ4v) is 4.23. The Morgan fingerprint density at radius 2 is 2.00 bits per heavy atom. The summed E-state index contributed by atoms with van der Waals surface area (Å²) in [5, 5.41) is 2.85. The van der Waals surface area contributed by atoms with Gasteiger partial charge in [-0.15, -0.1) is 12.4 Å². The van der Waals surface area contributed by atoms with Crippen molar-refractivity contribution in [1.29, 1.82) is 0 Å². The average molecular weight is 373 g/mol. The van der Waals surface area contributed by atoms with Crippen molar-refractivity contribution in [2.24, 2.45) is 11.7 Å². The fraction of sp³-hybridized carbons (Fsp3) is 0.824. The van der Waals surface area contributed by atoms with Crippen LogP contribution in [0.2, 0.25) is 0 Å². The molecule has 2 heterocycles. The molecule has 1 spiro atoms. The highest BCUT2D eigenvalue weighted by Crippen LogP contribution is 2.35. The molecule has 0 bridgehead atoms. The number of piperidine rings is 1. The van der Waals surface area contributed by atoms with Crippen LogP contribution in [-0.2, 0) is 9.59 Å². The fourth-order valence-electron chi connectivity index (χ4n) is 4.23. The van der Waals surface area contributed by atoms with Gasteiger partial charge in [0.25, 0.3) is 5.91 Å². The summed E-state index contributed by atoms with van der Waals surface area (Å²) in [7, 11) is 0. The van der Waals surface area contributed by atoms with Gasteiger partial charge in [0.2, 0.25) is 5.91 Å². The highest BCUT2D eigenvalue weighted by Gasteiger charge is 2.52. The second-order valence-electron chi connectivity index (χ2n) is 7.53. The number of hydrogen-bond donors (Lipinski definition) is 2. The van der Waals surface area contributed by atoms with Crippen LogP contribution in [0.25, 0.3) is 0 Å². The van der Waals surface area contributed by atoms with Crippen molar-refractivity contribution in [2.45, 2.75) is 63.5 Å². The third kappa shape index (κ3) is 3.92. The van der Waals surface area contributed by atoms with Crippen molar-refractivity contribution in [3.05, 3.63) is 0 Å². The van der Waals surface area contributed by atoms with Crippen LogP contribution < -0.4 is 11.1 Å². The van der Waals surface area contributed by atoms with E-state index >= 15 is 0 Å². The topological polar surface area (TPSA) is 95.7 Å². The van der Waals surface area contributed by atoms with Gasteiger partial charge in [0.1, 0.15) is 5.54 Å². The Labute approximate surface area is 155 Å². The maximum absolute atomic E-state index is 12.6.